The van der Waals surface area contributed by atoms with Crippen molar-refractivity contribution in [2.24, 2.45) is 0 Å². The molecule has 34 heavy (non-hydrogen) atoms. The number of anilines is 3. The highest BCUT2D eigenvalue weighted by Gasteiger charge is 2.09. The first-order valence-corrected chi connectivity index (χ1v) is 10.8. The molecule has 0 atom stereocenters. The Kier molecular flexibility index (Phi) is 5.66. The van der Waals surface area contributed by atoms with Crippen molar-refractivity contribution in [1.29, 1.82) is 0 Å². The van der Waals surface area contributed by atoms with Gasteiger partial charge in [0.05, 0.1) is 16.6 Å². The summed E-state index contributed by atoms with van der Waals surface area (Å²) in [6, 6.07) is 26.5. The van der Waals surface area contributed by atoms with E-state index in [1.54, 1.807) is 24.3 Å². The van der Waals surface area contributed by atoms with Crippen molar-refractivity contribution in [2.75, 3.05) is 29.6 Å². The van der Waals surface area contributed by atoms with E-state index in [0.717, 1.165) is 33.1 Å². The van der Waals surface area contributed by atoms with E-state index in [1.807, 2.05) is 79.7 Å². The number of aromatic nitrogens is 2. The van der Waals surface area contributed by atoms with Crippen LogP contribution in [-0.4, -0.2) is 30.1 Å². The molecular weight excluding hydrogens is 426 g/mol. The number of fused-ring (bicyclic) bond motifs is 2. The largest absolute Gasteiger partial charge is 0.438 e. The van der Waals surface area contributed by atoms with Crippen LogP contribution in [0.5, 0.6) is 11.6 Å². The van der Waals surface area contributed by atoms with Gasteiger partial charge in [-0.25, -0.2) is 14.8 Å². The number of amides is 2. The summed E-state index contributed by atoms with van der Waals surface area (Å²) in [5, 5.41) is 8.65. The topological polar surface area (TPSA) is 79.4 Å². The molecule has 0 fully saturated rings. The van der Waals surface area contributed by atoms with Crippen LogP contribution < -0.4 is 20.3 Å². The third-order valence-electron chi connectivity index (χ3n) is 5.46. The number of carbonyl (C=O) groups excluding carboxylic acids is 1. The van der Waals surface area contributed by atoms with E-state index >= 15 is 0 Å². The van der Waals surface area contributed by atoms with Crippen molar-refractivity contribution in [3.05, 3.63) is 91.3 Å². The lowest BCUT2D eigenvalue weighted by Crippen LogP contribution is -2.19. The fraction of sp³-hybridized carbons (Fsp3) is 0.0741. The average molecular weight is 450 g/mol. The molecule has 4 aromatic carbocycles. The third kappa shape index (κ3) is 4.45. The minimum atomic E-state index is -0.316. The van der Waals surface area contributed by atoms with Crippen LogP contribution in [0.25, 0.3) is 21.7 Å². The van der Waals surface area contributed by atoms with E-state index in [1.165, 1.54) is 6.33 Å². The number of nitrogens with one attached hydrogen (secondary N) is 2. The standard InChI is InChI=1S/C27H23N5O2/c1-32(2)20-12-15-23-25(16-20)28-17-29-26(23)34-21-13-10-19(11-14-21)30-27(33)31-24-9-5-7-18-6-3-4-8-22(18)24/h3-17H,1-2H3,(H2,30,31,33). The second kappa shape index (κ2) is 9.07. The Balaban J connectivity index is 1.28. The molecule has 7 heteroatoms. The van der Waals surface area contributed by atoms with Crippen LogP contribution in [0.15, 0.2) is 91.3 Å². The maximum Gasteiger partial charge on any atom is 0.323 e. The van der Waals surface area contributed by atoms with E-state index in [9.17, 15) is 4.79 Å². The summed E-state index contributed by atoms with van der Waals surface area (Å²) < 4.78 is 6.00. The molecule has 1 aromatic heterocycles. The molecule has 0 aliphatic carbocycles. The Bertz CT molecular complexity index is 1480. The molecular formula is C27H23N5O2. The molecule has 0 aliphatic heterocycles. The van der Waals surface area contributed by atoms with Gasteiger partial charge in [0.15, 0.2) is 0 Å². The first kappa shape index (κ1) is 21.2. The molecule has 0 radical (unpaired) electrons. The molecule has 5 rings (SSSR count). The highest BCUT2D eigenvalue weighted by molar-refractivity contribution is 6.06. The van der Waals surface area contributed by atoms with Crippen molar-refractivity contribution < 1.29 is 9.53 Å². The molecule has 0 bridgehead atoms. The van der Waals surface area contributed by atoms with Crippen LogP contribution in [0, 0.1) is 0 Å². The first-order chi connectivity index (χ1) is 16.6. The van der Waals surface area contributed by atoms with Gasteiger partial charge >= 0.3 is 6.03 Å². The molecule has 2 amide bonds. The van der Waals surface area contributed by atoms with Gasteiger partial charge in [-0.05, 0) is 53.9 Å². The van der Waals surface area contributed by atoms with Gasteiger partial charge in [-0.3, -0.25) is 0 Å². The highest BCUT2D eigenvalue weighted by Crippen LogP contribution is 2.29. The lowest BCUT2D eigenvalue weighted by Gasteiger charge is -2.14. The zero-order valence-corrected chi connectivity index (χ0v) is 18.8. The van der Waals surface area contributed by atoms with Crippen LogP contribution in [0.1, 0.15) is 0 Å². The Morgan fingerprint density at radius 3 is 2.44 bits per heavy atom. The third-order valence-corrected chi connectivity index (χ3v) is 5.46. The monoisotopic (exact) mass is 449 g/mol. The smallest absolute Gasteiger partial charge is 0.323 e. The van der Waals surface area contributed by atoms with E-state index in [4.69, 9.17) is 4.74 Å². The number of rotatable bonds is 5. The predicted octanol–water partition coefficient (Wildman–Crippen LogP) is 6.29. The minimum Gasteiger partial charge on any atom is -0.438 e. The molecule has 0 saturated carbocycles. The van der Waals surface area contributed by atoms with Crippen molar-refractivity contribution in [2.45, 2.75) is 0 Å². The van der Waals surface area contributed by atoms with Crippen molar-refractivity contribution in [3.8, 4) is 11.6 Å². The van der Waals surface area contributed by atoms with Gasteiger partial charge in [-0.2, -0.15) is 0 Å². The number of ether oxygens (including phenoxy) is 1. The quantitative estimate of drug-likeness (QED) is 0.330. The Morgan fingerprint density at radius 2 is 1.62 bits per heavy atom. The van der Waals surface area contributed by atoms with Crippen molar-refractivity contribution >= 4 is 44.8 Å². The summed E-state index contributed by atoms with van der Waals surface area (Å²) in [6.07, 6.45) is 1.49. The SMILES string of the molecule is CN(C)c1ccc2c(Oc3ccc(NC(=O)Nc4cccc5ccccc45)cc3)ncnc2c1. The fourth-order valence-electron chi connectivity index (χ4n) is 3.72. The van der Waals surface area contributed by atoms with Crippen molar-refractivity contribution in [3.63, 3.8) is 0 Å². The highest BCUT2D eigenvalue weighted by atomic mass is 16.5. The predicted molar refractivity (Wildman–Crippen MR) is 137 cm³/mol. The van der Waals surface area contributed by atoms with Gasteiger partial charge in [0.25, 0.3) is 0 Å². The summed E-state index contributed by atoms with van der Waals surface area (Å²) in [5.41, 5.74) is 3.26. The van der Waals surface area contributed by atoms with E-state index < -0.39 is 0 Å². The van der Waals surface area contributed by atoms with E-state index in [2.05, 4.69) is 20.6 Å². The van der Waals surface area contributed by atoms with Gasteiger partial charge in [-0.15, -0.1) is 0 Å². The summed E-state index contributed by atoms with van der Waals surface area (Å²) in [4.78, 5) is 23.2. The molecule has 168 valence electrons. The average Bonchev–Trinajstić information content (AvgIpc) is 2.85. The second-order valence-corrected chi connectivity index (χ2v) is 8.01. The normalized spacial score (nSPS) is 10.8. The Morgan fingerprint density at radius 1 is 0.824 bits per heavy atom. The number of urea groups is 1. The molecule has 5 aromatic rings. The molecule has 7 nitrogen and oxygen atoms in total. The zero-order chi connectivity index (χ0) is 23.5. The van der Waals surface area contributed by atoms with E-state index in [0.29, 0.717) is 17.3 Å². The zero-order valence-electron chi connectivity index (χ0n) is 18.8. The Labute approximate surface area is 197 Å². The van der Waals surface area contributed by atoms with Crippen molar-refractivity contribution in [1.82, 2.24) is 9.97 Å². The minimum absolute atomic E-state index is 0.316. The van der Waals surface area contributed by atoms with Crippen LogP contribution in [-0.2, 0) is 0 Å². The summed E-state index contributed by atoms with van der Waals surface area (Å²) >= 11 is 0. The molecule has 0 aliphatic rings. The molecule has 2 N–H and O–H groups in total. The maximum atomic E-state index is 12.5. The maximum absolute atomic E-state index is 12.5. The number of hydrogen-bond donors (Lipinski definition) is 2. The van der Waals surface area contributed by atoms with Gasteiger partial charge < -0.3 is 20.3 Å². The van der Waals surface area contributed by atoms with E-state index in [-0.39, 0.29) is 6.03 Å². The van der Waals surface area contributed by atoms with Crippen LogP contribution in [0.2, 0.25) is 0 Å². The number of benzene rings is 4. The molecule has 0 spiro atoms. The summed E-state index contributed by atoms with van der Waals surface area (Å²) in [6.45, 7) is 0. The fourth-order valence-corrected chi connectivity index (χ4v) is 3.72. The van der Waals surface area contributed by atoms with Gasteiger partial charge in [0.1, 0.15) is 12.1 Å². The van der Waals surface area contributed by atoms with Crippen LogP contribution in [0.3, 0.4) is 0 Å². The molecule has 0 unspecified atom stereocenters. The molecule has 0 saturated heterocycles. The lowest BCUT2D eigenvalue weighted by atomic mass is 10.1. The van der Waals surface area contributed by atoms with Gasteiger partial charge in [-0.1, -0.05) is 36.4 Å². The number of carbonyl (C=O) groups is 1. The van der Waals surface area contributed by atoms with Gasteiger partial charge in [0, 0.05) is 30.9 Å². The lowest BCUT2D eigenvalue weighted by molar-refractivity contribution is 0.262. The number of hydrogen-bond acceptors (Lipinski definition) is 5. The number of nitrogens with zero attached hydrogens (tertiary/aromatic N) is 3. The van der Waals surface area contributed by atoms with Crippen LogP contribution in [0.4, 0.5) is 21.9 Å². The Hall–Kier alpha value is -4.65. The summed E-state index contributed by atoms with van der Waals surface area (Å²) in [7, 11) is 3.97. The first-order valence-electron chi connectivity index (χ1n) is 10.8. The van der Waals surface area contributed by atoms with Crippen LogP contribution >= 0.6 is 0 Å². The molecule has 1 heterocycles. The summed E-state index contributed by atoms with van der Waals surface area (Å²) in [5.74, 6) is 1.08. The second-order valence-electron chi connectivity index (χ2n) is 8.01. The van der Waals surface area contributed by atoms with Gasteiger partial charge in [0.2, 0.25) is 5.88 Å².